The molecule has 3 aromatic heterocycles. The molecule has 9 nitrogen and oxygen atoms in total. The minimum Gasteiger partial charge on any atom is -0.375 e. The maximum absolute atomic E-state index is 5.16. The van der Waals surface area contributed by atoms with E-state index in [1.165, 1.54) is 0 Å². The van der Waals surface area contributed by atoms with Crippen LogP contribution in [0.2, 0.25) is 0 Å². The predicted octanol–water partition coefficient (Wildman–Crippen LogP) is 2.68. The fraction of sp³-hybridized carbons (Fsp3) is 0.278. The molecule has 0 fully saturated rings. The minimum atomic E-state index is 0.283. The van der Waals surface area contributed by atoms with E-state index in [0.29, 0.717) is 30.5 Å². The molecule has 0 saturated heterocycles. The number of aryl methyl sites for hydroxylation is 1. The topological polar surface area (TPSA) is 96.7 Å². The van der Waals surface area contributed by atoms with Crippen molar-refractivity contribution < 1.29 is 9.26 Å². The third-order valence-electron chi connectivity index (χ3n) is 4.64. The Bertz CT molecular complexity index is 1180. The van der Waals surface area contributed by atoms with E-state index in [2.05, 4.69) is 47.8 Å². The summed E-state index contributed by atoms with van der Waals surface area (Å²) in [5.41, 5.74) is 4.07. The largest absolute Gasteiger partial charge is 0.375 e. The highest BCUT2D eigenvalue weighted by atomic mass is 79.9. The van der Waals surface area contributed by atoms with E-state index in [0.717, 1.165) is 32.9 Å². The Kier molecular flexibility index (Phi) is 4.09. The zero-order chi connectivity index (χ0) is 19.3. The molecule has 0 amide bonds. The second-order valence-corrected chi connectivity index (χ2v) is 7.45. The van der Waals surface area contributed by atoms with Crippen LogP contribution in [0.25, 0.3) is 17.1 Å². The number of methoxy groups -OCH3 is 1. The molecular formula is C18H16BrN7O2. The van der Waals surface area contributed by atoms with E-state index in [1.807, 2.05) is 24.0 Å². The lowest BCUT2D eigenvalue weighted by molar-refractivity contribution is 0.151. The SMILES string of the molecule is COCc1nc(Cc2nc3n(n2)Cc2c(C)ncn2-c2ccc(Br)cc2-3)no1. The Hall–Kier alpha value is -2.85. The van der Waals surface area contributed by atoms with Crippen LogP contribution in [0, 0.1) is 6.92 Å². The summed E-state index contributed by atoms with van der Waals surface area (Å²) in [6, 6.07) is 6.13. The van der Waals surface area contributed by atoms with Gasteiger partial charge < -0.3 is 13.8 Å². The van der Waals surface area contributed by atoms with Gasteiger partial charge in [-0.2, -0.15) is 10.1 Å². The van der Waals surface area contributed by atoms with Crippen molar-refractivity contribution in [2.24, 2.45) is 0 Å². The van der Waals surface area contributed by atoms with Crippen molar-refractivity contribution in [1.29, 1.82) is 0 Å². The van der Waals surface area contributed by atoms with Gasteiger partial charge in [0.05, 0.1) is 36.4 Å². The van der Waals surface area contributed by atoms with Gasteiger partial charge in [-0.1, -0.05) is 21.1 Å². The number of halogens is 1. The van der Waals surface area contributed by atoms with E-state index in [4.69, 9.17) is 19.3 Å². The lowest BCUT2D eigenvalue weighted by Crippen LogP contribution is -2.06. The lowest BCUT2D eigenvalue weighted by atomic mass is 10.1. The number of benzene rings is 1. The molecule has 28 heavy (non-hydrogen) atoms. The van der Waals surface area contributed by atoms with E-state index >= 15 is 0 Å². The third kappa shape index (κ3) is 2.85. The number of fused-ring (bicyclic) bond motifs is 5. The van der Waals surface area contributed by atoms with Gasteiger partial charge in [0.15, 0.2) is 17.5 Å². The molecular weight excluding hydrogens is 426 g/mol. The molecule has 0 saturated carbocycles. The molecule has 0 unspecified atom stereocenters. The van der Waals surface area contributed by atoms with Gasteiger partial charge in [0.1, 0.15) is 6.61 Å². The summed E-state index contributed by atoms with van der Waals surface area (Å²) in [4.78, 5) is 13.6. The summed E-state index contributed by atoms with van der Waals surface area (Å²) in [6.45, 7) is 2.87. The lowest BCUT2D eigenvalue weighted by Gasteiger charge is -2.08. The maximum Gasteiger partial charge on any atom is 0.252 e. The molecule has 4 aromatic rings. The zero-order valence-electron chi connectivity index (χ0n) is 15.3. The first-order chi connectivity index (χ1) is 13.6. The first-order valence-corrected chi connectivity index (χ1v) is 9.49. The van der Waals surface area contributed by atoms with Gasteiger partial charge in [-0.3, -0.25) is 0 Å². The molecule has 1 aromatic carbocycles. The Balaban J connectivity index is 1.58. The second-order valence-electron chi connectivity index (χ2n) is 6.53. The maximum atomic E-state index is 5.16. The first-order valence-electron chi connectivity index (χ1n) is 8.69. The molecule has 0 bridgehead atoms. The molecule has 1 aliphatic rings. The summed E-state index contributed by atoms with van der Waals surface area (Å²) in [5, 5.41) is 8.68. The zero-order valence-corrected chi connectivity index (χ0v) is 16.8. The average molecular weight is 442 g/mol. The van der Waals surface area contributed by atoms with Crippen LogP contribution in [0.3, 0.4) is 0 Å². The summed E-state index contributed by atoms with van der Waals surface area (Å²) >= 11 is 3.56. The standard InChI is InChI=1S/C18H16BrN7O2/c1-10-14-7-26-18(12-5-11(19)3-4-13(12)25(14)9-20-10)22-15(23-26)6-16-21-17(8-27-2)28-24-16/h3-5,9H,6-8H2,1-2H3. The van der Waals surface area contributed by atoms with Crippen molar-refractivity contribution in [1.82, 2.24) is 34.5 Å². The van der Waals surface area contributed by atoms with E-state index in [-0.39, 0.29) is 6.61 Å². The molecule has 0 atom stereocenters. The van der Waals surface area contributed by atoms with Crippen LogP contribution in [-0.2, 0) is 24.3 Å². The molecule has 0 spiro atoms. The van der Waals surface area contributed by atoms with E-state index < -0.39 is 0 Å². The van der Waals surface area contributed by atoms with Crippen LogP contribution in [0.1, 0.15) is 28.9 Å². The van der Waals surface area contributed by atoms with Gasteiger partial charge in [-0.25, -0.2) is 14.6 Å². The van der Waals surface area contributed by atoms with Gasteiger partial charge in [0.25, 0.3) is 5.89 Å². The molecule has 1 aliphatic heterocycles. The summed E-state index contributed by atoms with van der Waals surface area (Å²) in [5.74, 6) is 2.40. The number of hydrogen-bond acceptors (Lipinski definition) is 7. The van der Waals surface area contributed by atoms with Crippen molar-refractivity contribution in [2.75, 3.05) is 7.11 Å². The van der Waals surface area contributed by atoms with Crippen LogP contribution < -0.4 is 0 Å². The molecule has 4 heterocycles. The van der Waals surface area contributed by atoms with Gasteiger partial charge in [0, 0.05) is 17.1 Å². The number of imidazole rings is 1. The van der Waals surface area contributed by atoms with Crippen molar-refractivity contribution in [3.63, 3.8) is 0 Å². The van der Waals surface area contributed by atoms with Crippen molar-refractivity contribution >= 4 is 15.9 Å². The Labute approximate surface area is 168 Å². The highest BCUT2D eigenvalue weighted by Crippen LogP contribution is 2.33. The van der Waals surface area contributed by atoms with Crippen LogP contribution in [0.4, 0.5) is 0 Å². The molecule has 5 rings (SSSR count). The summed E-state index contributed by atoms with van der Waals surface area (Å²) in [6.07, 6.45) is 2.23. The Morgan fingerprint density at radius 1 is 1.25 bits per heavy atom. The van der Waals surface area contributed by atoms with Crippen molar-refractivity contribution in [3.05, 3.63) is 57.9 Å². The van der Waals surface area contributed by atoms with Gasteiger partial charge in [0.2, 0.25) is 0 Å². The highest BCUT2D eigenvalue weighted by molar-refractivity contribution is 9.10. The van der Waals surface area contributed by atoms with Gasteiger partial charge in [-0.05, 0) is 25.1 Å². The normalized spacial score (nSPS) is 12.4. The second kappa shape index (κ2) is 6.64. The number of ether oxygens (including phenoxy) is 1. The summed E-state index contributed by atoms with van der Waals surface area (Å²) in [7, 11) is 1.58. The number of nitrogens with zero attached hydrogens (tertiary/aromatic N) is 7. The molecule has 10 heteroatoms. The fourth-order valence-electron chi connectivity index (χ4n) is 3.36. The van der Waals surface area contributed by atoms with E-state index in [9.17, 15) is 0 Å². The first kappa shape index (κ1) is 17.3. The molecule has 0 aliphatic carbocycles. The van der Waals surface area contributed by atoms with Crippen molar-refractivity contribution in [3.8, 4) is 17.1 Å². The number of rotatable bonds is 4. The number of hydrogen-bond donors (Lipinski definition) is 0. The molecule has 142 valence electrons. The Morgan fingerprint density at radius 2 is 2.14 bits per heavy atom. The van der Waals surface area contributed by atoms with Crippen molar-refractivity contribution in [2.45, 2.75) is 26.5 Å². The van der Waals surface area contributed by atoms with Gasteiger partial charge >= 0.3 is 0 Å². The van der Waals surface area contributed by atoms with E-state index in [1.54, 1.807) is 7.11 Å². The average Bonchev–Trinajstić information content (AvgIpc) is 3.35. The molecule has 0 N–H and O–H groups in total. The fourth-order valence-corrected chi connectivity index (χ4v) is 3.72. The quantitative estimate of drug-likeness (QED) is 0.422. The monoisotopic (exact) mass is 441 g/mol. The predicted molar refractivity (Wildman–Crippen MR) is 102 cm³/mol. The smallest absolute Gasteiger partial charge is 0.252 e. The summed E-state index contributed by atoms with van der Waals surface area (Å²) < 4.78 is 15.2. The van der Waals surface area contributed by atoms with Crippen LogP contribution in [0.15, 0.2) is 33.5 Å². The number of aromatic nitrogens is 7. The minimum absolute atomic E-state index is 0.283. The Morgan fingerprint density at radius 3 is 3.00 bits per heavy atom. The van der Waals surface area contributed by atoms with Crippen LogP contribution in [-0.4, -0.2) is 41.6 Å². The highest BCUT2D eigenvalue weighted by Gasteiger charge is 2.24. The van der Waals surface area contributed by atoms with Crippen LogP contribution >= 0.6 is 15.9 Å². The molecule has 0 radical (unpaired) electrons. The third-order valence-corrected chi connectivity index (χ3v) is 5.14. The van der Waals surface area contributed by atoms with Crippen LogP contribution in [0.5, 0.6) is 0 Å². The van der Waals surface area contributed by atoms with Gasteiger partial charge in [-0.15, -0.1) is 0 Å².